The lowest BCUT2D eigenvalue weighted by atomic mass is 9.69. The number of aromatic nitrogens is 1. The highest BCUT2D eigenvalue weighted by atomic mass is 16.2. The van der Waals surface area contributed by atoms with Crippen molar-refractivity contribution in [3.8, 4) is 0 Å². The molecule has 1 aliphatic rings. The summed E-state index contributed by atoms with van der Waals surface area (Å²) >= 11 is 0. The molecule has 0 radical (unpaired) electrons. The smallest absolute Gasteiger partial charge is 0.366 e. The maximum Gasteiger partial charge on any atom is 0.366 e. The molecule has 1 unspecified atom stereocenters. The predicted octanol–water partition coefficient (Wildman–Crippen LogP) is 0.571. The van der Waals surface area contributed by atoms with Gasteiger partial charge in [-0.15, -0.1) is 0 Å². The van der Waals surface area contributed by atoms with E-state index in [-0.39, 0.29) is 6.04 Å². The van der Waals surface area contributed by atoms with Crippen molar-refractivity contribution in [3.63, 3.8) is 0 Å². The molecule has 7 heteroatoms. The number of nitrogens with one attached hydrogen (secondary N) is 1. The van der Waals surface area contributed by atoms with E-state index in [1.54, 1.807) is 18.4 Å². The molecule has 0 saturated heterocycles. The van der Waals surface area contributed by atoms with Crippen LogP contribution in [0, 0.1) is 0 Å². The zero-order valence-corrected chi connectivity index (χ0v) is 12.3. The van der Waals surface area contributed by atoms with Crippen LogP contribution in [0.25, 0.3) is 0 Å². The molecule has 2 rings (SSSR count). The van der Waals surface area contributed by atoms with E-state index in [1.807, 2.05) is 12.3 Å². The summed E-state index contributed by atoms with van der Waals surface area (Å²) in [7, 11) is -1.29. The van der Waals surface area contributed by atoms with Gasteiger partial charge >= 0.3 is 14.1 Å². The molecule has 1 aliphatic carbocycles. The molecule has 0 aliphatic heterocycles. The lowest BCUT2D eigenvalue weighted by molar-refractivity contribution is 0.393. The van der Waals surface area contributed by atoms with Crippen molar-refractivity contribution in [3.05, 3.63) is 29.6 Å². The van der Waals surface area contributed by atoms with Gasteiger partial charge in [0.2, 0.25) is 0 Å². The Kier molecular flexibility index (Phi) is 5.60. The first-order valence-electron chi connectivity index (χ1n) is 7.38. The molecule has 1 atom stereocenters. The minimum atomic E-state index is -0.645. The van der Waals surface area contributed by atoms with E-state index < -0.39 is 14.1 Å². The van der Waals surface area contributed by atoms with E-state index in [0.717, 1.165) is 25.1 Å². The van der Waals surface area contributed by atoms with Gasteiger partial charge in [0.05, 0.1) is 5.69 Å². The Morgan fingerprint density at radius 2 is 2.15 bits per heavy atom. The van der Waals surface area contributed by atoms with Gasteiger partial charge in [-0.25, -0.2) is 0 Å². The van der Waals surface area contributed by atoms with Crippen LogP contribution in [0.15, 0.2) is 18.3 Å². The molecule has 0 aromatic carbocycles. The first-order valence-corrected chi connectivity index (χ1v) is 7.38. The molecular formula is C13H23B2N3O2. The topological polar surface area (TPSA) is 68.6 Å². The standard InChI is InChI=1S/C13H23B2N3O2/c1-14(19)18(15(2)20)10-9-16-12-7-3-5-11-6-4-8-17-13(11)12/h4,6,8,12,16,19-20H,3,5,7,9-10H2,1-2H3. The van der Waals surface area contributed by atoms with E-state index in [1.165, 1.54) is 12.0 Å². The van der Waals surface area contributed by atoms with Crippen LogP contribution in [-0.4, -0.2) is 46.9 Å². The van der Waals surface area contributed by atoms with Crippen LogP contribution in [0.2, 0.25) is 13.6 Å². The van der Waals surface area contributed by atoms with Crippen molar-refractivity contribution in [1.29, 1.82) is 0 Å². The van der Waals surface area contributed by atoms with Crippen molar-refractivity contribution in [2.45, 2.75) is 39.0 Å². The summed E-state index contributed by atoms with van der Waals surface area (Å²) in [6.07, 6.45) is 5.21. The van der Waals surface area contributed by atoms with Crippen LogP contribution < -0.4 is 5.32 Å². The summed E-state index contributed by atoms with van der Waals surface area (Å²) in [6.45, 7) is 4.67. The van der Waals surface area contributed by atoms with Gasteiger partial charge < -0.3 is 20.1 Å². The Morgan fingerprint density at radius 3 is 2.85 bits per heavy atom. The molecule has 20 heavy (non-hydrogen) atoms. The Bertz CT molecular complexity index is 424. The third-order valence-corrected chi connectivity index (χ3v) is 3.92. The third kappa shape index (κ3) is 3.82. The lowest BCUT2D eigenvalue weighted by Gasteiger charge is -2.28. The molecule has 0 bridgehead atoms. The van der Waals surface area contributed by atoms with Crippen LogP contribution in [0.3, 0.4) is 0 Å². The lowest BCUT2D eigenvalue weighted by Crippen LogP contribution is -2.49. The molecule has 0 saturated carbocycles. The van der Waals surface area contributed by atoms with Gasteiger partial charge in [0.25, 0.3) is 0 Å². The van der Waals surface area contributed by atoms with Crippen LogP contribution in [-0.2, 0) is 6.42 Å². The van der Waals surface area contributed by atoms with Gasteiger partial charge in [0.1, 0.15) is 0 Å². The van der Waals surface area contributed by atoms with E-state index in [0.29, 0.717) is 6.54 Å². The number of hydrogen-bond acceptors (Lipinski definition) is 5. The largest absolute Gasteiger partial charge is 0.438 e. The van der Waals surface area contributed by atoms with Gasteiger partial charge in [0.15, 0.2) is 0 Å². The summed E-state index contributed by atoms with van der Waals surface area (Å²) in [4.78, 5) is 4.49. The second kappa shape index (κ2) is 7.22. The van der Waals surface area contributed by atoms with Crippen LogP contribution >= 0.6 is 0 Å². The Morgan fingerprint density at radius 1 is 1.40 bits per heavy atom. The average Bonchev–Trinajstić information content (AvgIpc) is 2.42. The summed E-state index contributed by atoms with van der Waals surface area (Å²) in [5, 5.41) is 22.7. The quantitative estimate of drug-likeness (QED) is 0.662. The van der Waals surface area contributed by atoms with Crippen LogP contribution in [0.1, 0.15) is 30.1 Å². The molecule has 1 aromatic heterocycles. The van der Waals surface area contributed by atoms with Crippen molar-refractivity contribution < 1.29 is 10.0 Å². The molecule has 1 aromatic rings. The number of nitrogens with zero attached hydrogens (tertiary/aromatic N) is 2. The highest BCUT2D eigenvalue weighted by molar-refractivity contribution is 6.63. The first kappa shape index (κ1) is 15.5. The normalized spacial score (nSPS) is 17.9. The molecule has 0 spiro atoms. The Hall–Kier alpha value is -0.880. The third-order valence-electron chi connectivity index (χ3n) is 3.92. The van der Waals surface area contributed by atoms with Gasteiger partial charge in [-0.3, -0.25) is 4.98 Å². The fourth-order valence-electron chi connectivity index (χ4n) is 2.86. The summed E-state index contributed by atoms with van der Waals surface area (Å²) in [5.41, 5.74) is 2.48. The second-order valence-corrected chi connectivity index (χ2v) is 5.45. The van der Waals surface area contributed by atoms with Crippen molar-refractivity contribution >= 4 is 14.1 Å². The second-order valence-electron chi connectivity index (χ2n) is 5.45. The fourth-order valence-corrected chi connectivity index (χ4v) is 2.86. The SMILES string of the molecule is CB(O)N(CCNC1CCCc2cccnc21)B(C)O. The van der Waals surface area contributed by atoms with E-state index in [9.17, 15) is 10.0 Å². The minimum Gasteiger partial charge on any atom is -0.438 e. The summed E-state index contributed by atoms with van der Waals surface area (Å²) in [5.74, 6) is 0. The van der Waals surface area contributed by atoms with Crippen molar-refractivity contribution in [2.75, 3.05) is 13.1 Å². The molecule has 0 amide bonds. The van der Waals surface area contributed by atoms with Gasteiger partial charge in [0, 0.05) is 18.8 Å². The summed E-state index contributed by atoms with van der Waals surface area (Å²) in [6, 6.07) is 4.42. The highest BCUT2D eigenvalue weighted by Crippen LogP contribution is 2.27. The predicted molar refractivity (Wildman–Crippen MR) is 82.3 cm³/mol. The molecule has 5 nitrogen and oxygen atoms in total. The molecule has 1 heterocycles. The van der Waals surface area contributed by atoms with E-state index in [4.69, 9.17) is 0 Å². The number of hydrogen-bond donors (Lipinski definition) is 3. The Labute approximate surface area is 121 Å². The molecule has 0 fully saturated rings. The van der Waals surface area contributed by atoms with Crippen molar-refractivity contribution in [1.82, 2.24) is 15.0 Å². The molecule has 3 N–H and O–H groups in total. The van der Waals surface area contributed by atoms with Gasteiger partial charge in [-0.1, -0.05) is 6.07 Å². The average molecular weight is 275 g/mol. The monoisotopic (exact) mass is 275 g/mol. The first-order chi connectivity index (χ1) is 9.59. The van der Waals surface area contributed by atoms with Gasteiger partial charge in [-0.2, -0.15) is 0 Å². The van der Waals surface area contributed by atoms with Gasteiger partial charge in [-0.05, 0) is 51.1 Å². The number of pyridine rings is 1. The van der Waals surface area contributed by atoms with E-state index in [2.05, 4.69) is 16.4 Å². The maximum absolute atomic E-state index is 9.60. The van der Waals surface area contributed by atoms with Crippen molar-refractivity contribution in [2.24, 2.45) is 0 Å². The number of fused-ring (bicyclic) bond motifs is 1. The zero-order valence-electron chi connectivity index (χ0n) is 12.3. The van der Waals surface area contributed by atoms with Crippen LogP contribution in [0.4, 0.5) is 0 Å². The number of aryl methyl sites for hydroxylation is 1. The number of rotatable bonds is 6. The molecular weight excluding hydrogens is 252 g/mol. The minimum absolute atomic E-state index is 0.282. The Balaban J connectivity index is 1.89. The highest BCUT2D eigenvalue weighted by Gasteiger charge is 2.25. The zero-order chi connectivity index (χ0) is 14.5. The van der Waals surface area contributed by atoms with E-state index >= 15 is 0 Å². The molecule has 108 valence electrons. The van der Waals surface area contributed by atoms with Crippen LogP contribution in [0.5, 0.6) is 0 Å². The fraction of sp³-hybridized carbons (Fsp3) is 0.615. The summed E-state index contributed by atoms with van der Waals surface area (Å²) < 4.78 is 1.65. The maximum atomic E-state index is 9.60.